The highest BCUT2D eigenvalue weighted by molar-refractivity contribution is 7.99. The Labute approximate surface area is 149 Å². The van der Waals surface area contributed by atoms with Crippen molar-refractivity contribution in [2.24, 2.45) is 0 Å². The molecule has 0 aliphatic carbocycles. The van der Waals surface area contributed by atoms with Gasteiger partial charge in [0.15, 0.2) is 5.69 Å². The van der Waals surface area contributed by atoms with Crippen LogP contribution in [0.4, 0.5) is 5.69 Å². The summed E-state index contributed by atoms with van der Waals surface area (Å²) in [6.45, 7) is 0. The van der Waals surface area contributed by atoms with Gasteiger partial charge in [0.05, 0.1) is 23.6 Å². The molecule has 0 unspecified atom stereocenters. The van der Waals surface area contributed by atoms with Gasteiger partial charge < -0.3 is 5.32 Å². The number of para-hydroxylation sites is 2. The molecular formula is C18H15N5OS. The number of rotatable bonds is 6. The number of thioether (sulfide) groups is 1. The molecule has 124 valence electrons. The summed E-state index contributed by atoms with van der Waals surface area (Å²) in [5.74, 6) is 0.351. The van der Waals surface area contributed by atoms with E-state index in [1.807, 2.05) is 54.6 Å². The topological polar surface area (TPSA) is 83.6 Å². The van der Waals surface area contributed by atoms with Crippen molar-refractivity contribution < 1.29 is 4.79 Å². The van der Waals surface area contributed by atoms with Gasteiger partial charge in [0.1, 0.15) is 0 Å². The van der Waals surface area contributed by atoms with Gasteiger partial charge in [-0.2, -0.15) is 15.2 Å². The molecular weight excluding hydrogens is 334 g/mol. The molecule has 1 heterocycles. The van der Waals surface area contributed by atoms with Crippen LogP contribution in [-0.2, 0) is 0 Å². The molecule has 0 radical (unpaired) electrons. The molecule has 0 fully saturated rings. The summed E-state index contributed by atoms with van der Waals surface area (Å²) in [5, 5.41) is 19.9. The van der Waals surface area contributed by atoms with E-state index in [4.69, 9.17) is 5.26 Å². The van der Waals surface area contributed by atoms with E-state index in [0.29, 0.717) is 17.9 Å². The Morgan fingerprint density at radius 2 is 1.92 bits per heavy atom. The summed E-state index contributed by atoms with van der Waals surface area (Å²) in [7, 11) is 0. The molecule has 3 aromatic rings. The van der Waals surface area contributed by atoms with Crippen molar-refractivity contribution in [3.63, 3.8) is 0 Å². The number of carbonyl (C=O) groups is 1. The van der Waals surface area contributed by atoms with Gasteiger partial charge in [0.2, 0.25) is 0 Å². The SMILES string of the molecule is N#CCCSc1ccccc1NC(=O)c1cnn(-c2ccccc2)n1. The van der Waals surface area contributed by atoms with Gasteiger partial charge in [-0.05, 0) is 24.3 Å². The third-order valence-electron chi connectivity index (χ3n) is 3.32. The molecule has 6 nitrogen and oxygen atoms in total. The third-order valence-corrected chi connectivity index (χ3v) is 4.39. The number of aromatic nitrogens is 3. The molecule has 2 aromatic carbocycles. The quantitative estimate of drug-likeness (QED) is 0.544. The average molecular weight is 349 g/mol. The molecule has 25 heavy (non-hydrogen) atoms. The Hall–Kier alpha value is -3.11. The molecule has 0 atom stereocenters. The Kier molecular flexibility index (Phi) is 5.44. The fraction of sp³-hybridized carbons (Fsp3) is 0.111. The normalized spacial score (nSPS) is 10.2. The molecule has 0 saturated carbocycles. The molecule has 0 bridgehead atoms. The largest absolute Gasteiger partial charge is 0.320 e. The summed E-state index contributed by atoms with van der Waals surface area (Å²) in [6.07, 6.45) is 1.89. The molecule has 1 amide bonds. The summed E-state index contributed by atoms with van der Waals surface area (Å²) in [5.41, 5.74) is 1.72. The number of nitrogens with one attached hydrogen (secondary N) is 1. The molecule has 1 N–H and O–H groups in total. The number of nitrogens with zero attached hydrogens (tertiary/aromatic N) is 4. The van der Waals surface area contributed by atoms with Crippen LogP contribution in [0, 0.1) is 11.3 Å². The Bertz CT molecular complexity index is 901. The minimum Gasteiger partial charge on any atom is -0.320 e. The molecule has 0 saturated heterocycles. The van der Waals surface area contributed by atoms with Gasteiger partial charge >= 0.3 is 0 Å². The highest BCUT2D eigenvalue weighted by Crippen LogP contribution is 2.27. The minimum absolute atomic E-state index is 0.237. The average Bonchev–Trinajstić information content (AvgIpc) is 3.14. The Balaban J connectivity index is 1.73. The molecule has 0 aliphatic rings. The van der Waals surface area contributed by atoms with Gasteiger partial charge in [-0.25, -0.2) is 0 Å². The van der Waals surface area contributed by atoms with Gasteiger partial charge in [0.25, 0.3) is 5.91 Å². The van der Waals surface area contributed by atoms with E-state index >= 15 is 0 Å². The minimum atomic E-state index is -0.324. The van der Waals surface area contributed by atoms with Crippen LogP contribution in [0.2, 0.25) is 0 Å². The number of carbonyl (C=O) groups excluding carboxylic acids is 1. The standard InChI is InChI=1S/C18H15N5OS/c19-11-6-12-25-17-10-5-4-9-15(17)21-18(24)16-13-20-23(22-16)14-7-2-1-3-8-14/h1-5,7-10,13H,6,12H2,(H,21,24). The highest BCUT2D eigenvalue weighted by Gasteiger charge is 2.13. The first kappa shape index (κ1) is 16.7. The van der Waals surface area contributed by atoms with Crippen molar-refractivity contribution >= 4 is 23.4 Å². The van der Waals surface area contributed by atoms with Crippen LogP contribution in [0.5, 0.6) is 0 Å². The Morgan fingerprint density at radius 3 is 2.72 bits per heavy atom. The van der Waals surface area contributed by atoms with Crippen molar-refractivity contribution in [3.8, 4) is 11.8 Å². The monoisotopic (exact) mass is 349 g/mol. The molecule has 7 heteroatoms. The van der Waals surface area contributed by atoms with Crippen LogP contribution in [0.15, 0.2) is 65.7 Å². The third kappa shape index (κ3) is 4.25. The maximum Gasteiger partial charge on any atom is 0.277 e. The Morgan fingerprint density at radius 1 is 1.16 bits per heavy atom. The lowest BCUT2D eigenvalue weighted by molar-refractivity contribution is 0.102. The first-order chi connectivity index (χ1) is 12.3. The van der Waals surface area contributed by atoms with E-state index < -0.39 is 0 Å². The fourth-order valence-corrected chi connectivity index (χ4v) is 3.00. The van der Waals surface area contributed by atoms with Crippen molar-refractivity contribution in [2.75, 3.05) is 11.1 Å². The van der Waals surface area contributed by atoms with Gasteiger partial charge in [-0.1, -0.05) is 30.3 Å². The number of anilines is 1. The second-order valence-electron chi connectivity index (χ2n) is 5.06. The zero-order chi connectivity index (χ0) is 17.5. The van der Waals surface area contributed by atoms with Crippen molar-refractivity contribution in [3.05, 3.63) is 66.5 Å². The predicted octanol–water partition coefficient (Wildman–Crippen LogP) is 3.53. The van der Waals surface area contributed by atoms with Crippen LogP contribution in [0.1, 0.15) is 16.9 Å². The van der Waals surface area contributed by atoms with Crippen LogP contribution >= 0.6 is 11.8 Å². The van der Waals surface area contributed by atoms with Crippen LogP contribution < -0.4 is 5.32 Å². The summed E-state index contributed by atoms with van der Waals surface area (Å²) < 4.78 is 0. The number of amides is 1. The van der Waals surface area contributed by atoms with E-state index in [9.17, 15) is 4.79 Å². The number of benzene rings is 2. The van der Waals surface area contributed by atoms with Crippen LogP contribution in [-0.4, -0.2) is 26.7 Å². The van der Waals surface area contributed by atoms with E-state index in [1.165, 1.54) is 22.8 Å². The van der Waals surface area contributed by atoms with Gasteiger partial charge in [-0.15, -0.1) is 16.9 Å². The van der Waals surface area contributed by atoms with E-state index in [2.05, 4.69) is 21.6 Å². The maximum atomic E-state index is 12.5. The van der Waals surface area contributed by atoms with Crippen LogP contribution in [0.25, 0.3) is 5.69 Å². The lowest BCUT2D eigenvalue weighted by atomic mass is 10.3. The molecule has 0 aliphatic heterocycles. The van der Waals surface area contributed by atoms with Crippen LogP contribution in [0.3, 0.4) is 0 Å². The number of hydrogen-bond acceptors (Lipinski definition) is 5. The summed E-state index contributed by atoms with van der Waals surface area (Å²) >= 11 is 1.53. The molecule has 1 aromatic heterocycles. The summed E-state index contributed by atoms with van der Waals surface area (Å²) in [4.78, 5) is 14.8. The van der Waals surface area contributed by atoms with Gasteiger partial charge in [-0.3, -0.25) is 4.79 Å². The second kappa shape index (κ2) is 8.13. The lowest BCUT2D eigenvalue weighted by Gasteiger charge is -2.08. The first-order valence-corrected chi connectivity index (χ1v) is 8.64. The zero-order valence-electron chi connectivity index (χ0n) is 13.3. The molecule has 0 spiro atoms. The molecule has 3 rings (SSSR count). The van der Waals surface area contributed by atoms with E-state index in [0.717, 1.165) is 10.6 Å². The zero-order valence-corrected chi connectivity index (χ0v) is 14.1. The maximum absolute atomic E-state index is 12.5. The van der Waals surface area contributed by atoms with Crippen molar-refractivity contribution in [1.82, 2.24) is 15.0 Å². The second-order valence-corrected chi connectivity index (χ2v) is 6.20. The number of nitriles is 1. The highest BCUT2D eigenvalue weighted by atomic mass is 32.2. The first-order valence-electron chi connectivity index (χ1n) is 7.66. The number of hydrogen-bond donors (Lipinski definition) is 1. The fourth-order valence-electron chi connectivity index (χ4n) is 2.14. The summed E-state index contributed by atoms with van der Waals surface area (Å²) in [6, 6.07) is 19.0. The van der Waals surface area contributed by atoms with Crippen molar-refractivity contribution in [1.29, 1.82) is 5.26 Å². The van der Waals surface area contributed by atoms with E-state index in [1.54, 1.807) is 0 Å². The lowest BCUT2D eigenvalue weighted by Crippen LogP contribution is -2.13. The smallest absolute Gasteiger partial charge is 0.277 e. The van der Waals surface area contributed by atoms with Crippen molar-refractivity contribution in [2.45, 2.75) is 11.3 Å². The predicted molar refractivity (Wildman–Crippen MR) is 96.7 cm³/mol. The van der Waals surface area contributed by atoms with E-state index in [-0.39, 0.29) is 11.6 Å². The van der Waals surface area contributed by atoms with Gasteiger partial charge in [0, 0.05) is 17.1 Å².